The number of hydrogen-bond donors (Lipinski definition) is 2. The van der Waals surface area contributed by atoms with E-state index in [1.165, 1.54) is 17.8 Å². The summed E-state index contributed by atoms with van der Waals surface area (Å²) in [4.78, 5) is 23.7. The van der Waals surface area contributed by atoms with E-state index in [4.69, 9.17) is 4.98 Å². The van der Waals surface area contributed by atoms with Crippen molar-refractivity contribution in [2.24, 2.45) is 0 Å². The zero-order valence-electron chi connectivity index (χ0n) is 15.7. The minimum atomic E-state index is -0.121. The van der Waals surface area contributed by atoms with Gasteiger partial charge >= 0.3 is 0 Å². The van der Waals surface area contributed by atoms with Gasteiger partial charge in [-0.05, 0) is 26.0 Å². The first-order valence-electron chi connectivity index (χ1n) is 8.66. The molecule has 0 fully saturated rings. The van der Waals surface area contributed by atoms with Crippen LogP contribution in [0.15, 0.2) is 48.1 Å². The maximum atomic E-state index is 12.0. The van der Waals surface area contributed by atoms with E-state index >= 15 is 0 Å². The highest BCUT2D eigenvalue weighted by Crippen LogP contribution is 2.35. The standard InChI is InChI=1S/C18H17N3OS.C3H8/c1-4-5-7-13-11(2)20-10-15(13)16-12(3)23-18(21-16)14-8-6-9-19-17(14)22;1-3-2/h4-10,20H,1H2,2-3H3,(H,19,22);3H2,1-2H3/b7-5-;. The van der Waals surface area contributed by atoms with E-state index in [1.807, 2.05) is 38.3 Å². The first kappa shape index (κ1) is 19.7. The van der Waals surface area contributed by atoms with Crippen LogP contribution < -0.4 is 5.56 Å². The highest BCUT2D eigenvalue weighted by atomic mass is 32.1. The molecule has 5 heteroatoms. The summed E-state index contributed by atoms with van der Waals surface area (Å²) in [5.74, 6) is 0. The Morgan fingerprint density at radius 1 is 1.23 bits per heavy atom. The van der Waals surface area contributed by atoms with Crippen molar-refractivity contribution in [1.29, 1.82) is 0 Å². The van der Waals surface area contributed by atoms with Gasteiger partial charge in [-0.2, -0.15) is 0 Å². The highest BCUT2D eigenvalue weighted by molar-refractivity contribution is 7.15. The van der Waals surface area contributed by atoms with Crippen molar-refractivity contribution in [2.45, 2.75) is 34.1 Å². The topological polar surface area (TPSA) is 61.5 Å². The molecule has 0 atom stereocenters. The quantitative estimate of drug-likeness (QED) is 0.579. The molecule has 3 rings (SSSR count). The van der Waals surface area contributed by atoms with Crippen molar-refractivity contribution in [1.82, 2.24) is 15.0 Å². The Bertz CT molecular complexity index is 960. The number of pyridine rings is 1. The molecule has 0 amide bonds. The highest BCUT2D eigenvalue weighted by Gasteiger charge is 2.17. The van der Waals surface area contributed by atoms with Gasteiger partial charge in [0.2, 0.25) is 0 Å². The molecule has 4 nitrogen and oxygen atoms in total. The second-order valence-electron chi connectivity index (χ2n) is 5.88. The molecule has 0 saturated carbocycles. The lowest BCUT2D eigenvalue weighted by Gasteiger charge is -1.99. The third-order valence-electron chi connectivity index (χ3n) is 3.63. The number of aromatic nitrogens is 3. The number of allylic oxidation sites excluding steroid dienone is 2. The number of H-pyrrole nitrogens is 2. The molecule has 136 valence electrons. The largest absolute Gasteiger partial charge is 0.364 e. The molecular formula is C21H25N3OS. The minimum Gasteiger partial charge on any atom is -0.364 e. The van der Waals surface area contributed by atoms with Crippen LogP contribution >= 0.6 is 11.3 Å². The second-order valence-corrected chi connectivity index (χ2v) is 7.08. The fraction of sp³-hybridized carbons (Fsp3) is 0.238. The van der Waals surface area contributed by atoms with Crippen LogP contribution in [-0.2, 0) is 0 Å². The second kappa shape index (κ2) is 9.15. The van der Waals surface area contributed by atoms with Gasteiger partial charge in [-0.25, -0.2) is 4.98 Å². The molecule has 0 radical (unpaired) electrons. The summed E-state index contributed by atoms with van der Waals surface area (Å²) in [7, 11) is 0. The van der Waals surface area contributed by atoms with Crippen LogP contribution in [0.3, 0.4) is 0 Å². The third-order valence-corrected chi connectivity index (χ3v) is 4.63. The normalized spacial score (nSPS) is 10.6. The number of thiazole rings is 1. The van der Waals surface area contributed by atoms with Crippen molar-refractivity contribution in [3.8, 4) is 21.8 Å². The van der Waals surface area contributed by atoms with E-state index in [9.17, 15) is 4.79 Å². The molecule has 3 aromatic rings. The summed E-state index contributed by atoms with van der Waals surface area (Å²) in [6, 6.07) is 3.60. The third kappa shape index (κ3) is 4.29. The molecular weight excluding hydrogens is 342 g/mol. The predicted molar refractivity (Wildman–Crippen MR) is 113 cm³/mol. The lowest BCUT2D eigenvalue weighted by molar-refractivity contribution is 1.09. The van der Waals surface area contributed by atoms with E-state index in [0.29, 0.717) is 5.56 Å². The summed E-state index contributed by atoms with van der Waals surface area (Å²) in [5.41, 5.74) is 4.58. The molecule has 0 aliphatic rings. The van der Waals surface area contributed by atoms with Gasteiger partial charge in [0, 0.05) is 34.1 Å². The first-order valence-corrected chi connectivity index (χ1v) is 9.48. The molecule has 26 heavy (non-hydrogen) atoms. The Kier molecular flexibility index (Phi) is 6.92. The van der Waals surface area contributed by atoms with Gasteiger partial charge in [0.1, 0.15) is 5.01 Å². The smallest absolute Gasteiger partial charge is 0.258 e. The van der Waals surface area contributed by atoms with E-state index in [2.05, 4.69) is 30.4 Å². The fourth-order valence-electron chi connectivity index (χ4n) is 2.46. The van der Waals surface area contributed by atoms with Crippen LogP contribution in [0.25, 0.3) is 27.9 Å². The van der Waals surface area contributed by atoms with Crippen molar-refractivity contribution in [3.63, 3.8) is 0 Å². The number of nitrogens with zero attached hydrogens (tertiary/aromatic N) is 1. The monoisotopic (exact) mass is 367 g/mol. The van der Waals surface area contributed by atoms with E-state index in [1.54, 1.807) is 18.3 Å². The van der Waals surface area contributed by atoms with Crippen molar-refractivity contribution in [2.75, 3.05) is 0 Å². The van der Waals surface area contributed by atoms with Crippen LogP contribution in [0.4, 0.5) is 0 Å². The average Bonchev–Trinajstić information content (AvgIpc) is 3.17. The van der Waals surface area contributed by atoms with Gasteiger partial charge in [-0.15, -0.1) is 11.3 Å². The van der Waals surface area contributed by atoms with Crippen LogP contribution in [0.1, 0.15) is 36.4 Å². The van der Waals surface area contributed by atoms with Gasteiger partial charge in [0.05, 0.1) is 11.3 Å². The van der Waals surface area contributed by atoms with Gasteiger partial charge < -0.3 is 9.97 Å². The SMILES string of the molecule is C=C/C=C\c1c(-c2nc(-c3ccc[nH]c3=O)sc2C)c[nH]c1C.CCC. The summed E-state index contributed by atoms with van der Waals surface area (Å²) in [5, 5.41) is 0.733. The maximum absolute atomic E-state index is 12.0. The summed E-state index contributed by atoms with van der Waals surface area (Å²) >= 11 is 1.53. The first-order chi connectivity index (χ1) is 12.5. The number of rotatable bonds is 4. The predicted octanol–water partition coefficient (Wildman–Crippen LogP) is 5.73. The summed E-state index contributed by atoms with van der Waals surface area (Å²) < 4.78 is 0. The molecule has 0 aliphatic carbocycles. The van der Waals surface area contributed by atoms with E-state index < -0.39 is 0 Å². The van der Waals surface area contributed by atoms with Crippen LogP contribution in [0.2, 0.25) is 0 Å². The molecule has 0 bridgehead atoms. The van der Waals surface area contributed by atoms with Crippen molar-refractivity contribution in [3.05, 3.63) is 69.7 Å². The Balaban J connectivity index is 0.000000758. The zero-order valence-corrected chi connectivity index (χ0v) is 16.5. The molecule has 0 aromatic carbocycles. The number of aromatic amines is 2. The maximum Gasteiger partial charge on any atom is 0.258 e. The number of hydrogen-bond acceptors (Lipinski definition) is 3. The molecule has 3 heterocycles. The van der Waals surface area contributed by atoms with E-state index in [-0.39, 0.29) is 5.56 Å². The molecule has 2 N–H and O–H groups in total. The van der Waals surface area contributed by atoms with Crippen molar-refractivity contribution >= 4 is 17.4 Å². The number of nitrogens with one attached hydrogen (secondary N) is 2. The Morgan fingerprint density at radius 3 is 2.62 bits per heavy atom. The lowest BCUT2D eigenvalue weighted by atomic mass is 10.1. The van der Waals surface area contributed by atoms with Gasteiger partial charge in [0.15, 0.2) is 0 Å². The summed E-state index contributed by atoms with van der Waals surface area (Å²) in [6.45, 7) is 12.0. The Hall–Kier alpha value is -2.66. The molecule has 0 spiro atoms. The van der Waals surface area contributed by atoms with E-state index in [0.717, 1.165) is 32.4 Å². The number of aryl methyl sites for hydroxylation is 2. The molecule has 0 aliphatic heterocycles. The minimum absolute atomic E-state index is 0.121. The Labute approximate surface area is 158 Å². The van der Waals surface area contributed by atoms with Crippen molar-refractivity contribution < 1.29 is 0 Å². The zero-order chi connectivity index (χ0) is 19.1. The van der Waals surface area contributed by atoms with Gasteiger partial charge in [0.25, 0.3) is 5.56 Å². The van der Waals surface area contributed by atoms with Crippen LogP contribution in [0, 0.1) is 13.8 Å². The molecule has 0 unspecified atom stereocenters. The molecule has 0 saturated heterocycles. The fourth-order valence-corrected chi connectivity index (χ4v) is 3.41. The summed E-state index contributed by atoms with van der Waals surface area (Å²) in [6.07, 6.45) is 10.5. The molecule has 3 aromatic heterocycles. The average molecular weight is 368 g/mol. The van der Waals surface area contributed by atoms with Gasteiger partial charge in [-0.3, -0.25) is 4.79 Å². The lowest BCUT2D eigenvalue weighted by Crippen LogP contribution is -2.06. The Morgan fingerprint density at radius 2 is 1.96 bits per heavy atom. The van der Waals surface area contributed by atoms with Crippen LogP contribution in [-0.4, -0.2) is 15.0 Å². The van der Waals surface area contributed by atoms with Gasteiger partial charge in [-0.1, -0.05) is 45.1 Å². The van der Waals surface area contributed by atoms with Crippen LogP contribution in [0.5, 0.6) is 0 Å².